The van der Waals surface area contributed by atoms with Gasteiger partial charge in [0.25, 0.3) is 0 Å². The summed E-state index contributed by atoms with van der Waals surface area (Å²) in [4.78, 5) is 0. The standard InChI is InChI=1S/C8H10F3IN/c1-3-13-4-6(2)7(5-13)12-8(9,10)11/h4-5H,3H2,1-2H3/q-1. The van der Waals surface area contributed by atoms with Gasteiger partial charge in [0.15, 0.2) is 0 Å². The number of aryl methyl sites for hydroxylation is 2. The van der Waals surface area contributed by atoms with E-state index in [9.17, 15) is 13.2 Å². The van der Waals surface area contributed by atoms with Crippen LogP contribution in [-0.4, -0.2) is 8.75 Å². The Morgan fingerprint density at radius 1 is 1.38 bits per heavy atom. The zero-order chi connectivity index (χ0) is 10.1. The summed E-state index contributed by atoms with van der Waals surface area (Å²) in [6.07, 6.45) is 3.37. The molecular weight excluding hydrogens is 294 g/mol. The van der Waals surface area contributed by atoms with Gasteiger partial charge in [-0.25, -0.2) is 0 Å². The fraction of sp³-hybridized carbons (Fsp3) is 0.500. The molecule has 0 saturated heterocycles. The van der Waals surface area contributed by atoms with Crippen molar-refractivity contribution in [1.82, 2.24) is 4.57 Å². The number of nitrogens with zero attached hydrogens (tertiary/aromatic N) is 1. The second kappa shape index (κ2) is 3.89. The Hall–Kier alpha value is -0.200. The van der Waals surface area contributed by atoms with Crippen LogP contribution in [0.1, 0.15) is 12.5 Å². The first kappa shape index (κ1) is 10.9. The van der Waals surface area contributed by atoms with Gasteiger partial charge in [-0.1, -0.05) is 0 Å². The predicted octanol–water partition coefficient (Wildman–Crippen LogP) is -0.405. The van der Waals surface area contributed by atoms with E-state index in [2.05, 4.69) is 0 Å². The third-order valence-electron chi connectivity index (χ3n) is 1.59. The van der Waals surface area contributed by atoms with Crippen molar-refractivity contribution in [3.63, 3.8) is 0 Å². The van der Waals surface area contributed by atoms with Gasteiger partial charge < -0.3 is 0 Å². The molecule has 1 rings (SSSR count). The molecular formula is C8H10F3IN-. The van der Waals surface area contributed by atoms with Gasteiger partial charge in [0.05, 0.1) is 0 Å². The van der Waals surface area contributed by atoms with Gasteiger partial charge in [-0.15, -0.1) is 0 Å². The van der Waals surface area contributed by atoms with E-state index in [1.165, 1.54) is 0 Å². The van der Waals surface area contributed by atoms with E-state index >= 15 is 0 Å². The summed E-state index contributed by atoms with van der Waals surface area (Å²) in [5, 5.41) is 0. The Kier molecular flexibility index (Phi) is 3.26. The summed E-state index contributed by atoms with van der Waals surface area (Å²) >= 11 is -1.84. The van der Waals surface area contributed by atoms with Gasteiger partial charge in [-0.05, 0) is 0 Å². The first-order valence-electron chi connectivity index (χ1n) is 3.81. The average molecular weight is 304 g/mol. The number of aromatic nitrogens is 1. The first-order valence-corrected chi connectivity index (χ1v) is 5.97. The van der Waals surface area contributed by atoms with Gasteiger partial charge in [0.1, 0.15) is 0 Å². The van der Waals surface area contributed by atoms with Crippen LogP contribution in [0.25, 0.3) is 0 Å². The van der Waals surface area contributed by atoms with E-state index in [-0.39, 0.29) is 0 Å². The fourth-order valence-electron chi connectivity index (χ4n) is 0.992. The topological polar surface area (TPSA) is 4.93 Å². The minimum atomic E-state index is -4.00. The maximum atomic E-state index is 12.1. The van der Waals surface area contributed by atoms with Crippen LogP contribution < -0.4 is 21.2 Å². The number of halogens is 4. The van der Waals surface area contributed by atoms with Crippen molar-refractivity contribution in [2.45, 2.75) is 24.6 Å². The molecule has 0 aliphatic heterocycles. The normalized spacial score (nSPS) is 12.4. The average Bonchev–Trinajstić information content (AvgIpc) is 2.29. The monoisotopic (exact) mass is 304 g/mol. The summed E-state index contributed by atoms with van der Waals surface area (Å²) in [6, 6.07) is 0. The van der Waals surface area contributed by atoms with Crippen molar-refractivity contribution in [3.8, 4) is 0 Å². The van der Waals surface area contributed by atoms with Gasteiger partial charge in [-0.2, -0.15) is 0 Å². The van der Waals surface area contributed by atoms with Crippen molar-refractivity contribution in [2.75, 3.05) is 0 Å². The molecule has 1 nitrogen and oxygen atoms in total. The zero-order valence-electron chi connectivity index (χ0n) is 7.32. The number of rotatable bonds is 2. The Bertz CT molecular complexity index is 290. The summed E-state index contributed by atoms with van der Waals surface area (Å²) in [5.41, 5.74) is 0.756. The summed E-state index contributed by atoms with van der Waals surface area (Å²) in [5.74, 6) is 0. The van der Waals surface area contributed by atoms with Crippen LogP contribution in [0.2, 0.25) is 0 Å². The summed E-state index contributed by atoms with van der Waals surface area (Å²) in [6.45, 7) is 4.37. The molecule has 0 fully saturated rings. The Morgan fingerprint density at radius 2 is 2.00 bits per heavy atom. The molecule has 0 aliphatic carbocycles. The molecule has 1 heterocycles. The van der Waals surface area contributed by atoms with E-state index in [0.29, 0.717) is 3.57 Å². The Labute approximate surface area is 85.2 Å². The molecule has 1 aromatic rings. The summed E-state index contributed by atoms with van der Waals surface area (Å²) in [7, 11) is 0. The summed E-state index contributed by atoms with van der Waals surface area (Å²) < 4.78 is 34.5. The third-order valence-corrected chi connectivity index (χ3v) is 3.91. The van der Waals surface area contributed by atoms with Crippen LogP contribution in [0.5, 0.6) is 0 Å². The first-order chi connectivity index (χ1) is 5.92. The van der Waals surface area contributed by atoms with E-state index in [1.807, 2.05) is 6.92 Å². The predicted molar refractivity (Wildman–Crippen MR) is 39.6 cm³/mol. The third kappa shape index (κ3) is 3.21. The molecule has 0 radical (unpaired) electrons. The van der Waals surface area contributed by atoms with Crippen LogP contribution >= 0.6 is 0 Å². The molecule has 5 heteroatoms. The van der Waals surface area contributed by atoms with E-state index in [4.69, 9.17) is 0 Å². The van der Waals surface area contributed by atoms with Crippen LogP contribution in [0.15, 0.2) is 12.4 Å². The maximum absolute atomic E-state index is 12.1. The molecule has 0 spiro atoms. The Balaban J connectivity index is 2.83. The molecule has 1 aromatic heterocycles. The van der Waals surface area contributed by atoms with Crippen LogP contribution in [0, 0.1) is 10.5 Å². The quantitative estimate of drug-likeness (QED) is 0.517. The van der Waals surface area contributed by atoms with Gasteiger partial charge in [0, 0.05) is 0 Å². The van der Waals surface area contributed by atoms with Crippen molar-refractivity contribution in [3.05, 3.63) is 21.5 Å². The fourth-order valence-corrected chi connectivity index (χ4v) is 2.71. The molecule has 13 heavy (non-hydrogen) atoms. The second-order valence-corrected chi connectivity index (χ2v) is 5.57. The van der Waals surface area contributed by atoms with Crippen molar-refractivity contribution >= 4 is 0 Å². The molecule has 0 bridgehead atoms. The number of alkyl halides is 4. The van der Waals surface area contributed by atoms with E-state index < -0.39 is 25.4 Å². The van der Waals surface area contributed by atoms with Crippen LogP contribution in [0.3, 0.4) is 0 Å². The molecule has 0 amide bonds. The molecule has 0 N–H and O–H groups in total. The van der Waals surface area contributed by atoms with Crippen molar-refractivity contribution in [1.29, 1.82) is 0 Å². The zero-order valence-corrected chi connectivity index (χ0v) is 9.48. The van der Waals surface area contributed by atoms with Gasteiger partial charge in [-0.3, -0.25) is 0 Å². The van der Waals surface area contributed by atoms with E-state index in [0.717, 1.165) is 12.1 Å². The molecule has 0 unspecified atom stereocenters. The molecule has 0 atom stereocenters. The Morgan fingerprint density at radius 3 is 2.38 bits per heavy atom. The molecule has 76 valence electrons. The number of hydrogen-bond donors (Lipinski definition) is 0. The van der Waals surface area contributed by atoms with E-state index in [1.54, 1.807) is 23.9 Å². The van der Waals surface area contributed by atoms with Crippen molar-refractivity contribution < 1.29 is 34.4 Å². The SMILES string of the molecule is CCn1cc(C)c([I-]C(F)(F)F)c1. The van der Waals surface area contributed by atoms with Crippen molar-refractivity contribution in [2.24, 2.45) is 0 Å². The molecule has 0 aliphatic rings. The van der Waals surface area contributed by atoms with Crippen LogP contribution in [-0.2, 0) is 6.54 Å². The molecule has 0 aromatic carbocycles. The van der Waals surface area contributed by atoms with Gasteiger partial charge >= 0.3 is 85.0 Å². The van der Waals surface area contributed by atoms with Crippen LogP contribution in [0.4, 0.5) is 13.2 Å². The second-order valence-electron chi connectivity index (χ2n) is 2.64. The molecule has 0 saturated carbocycles. The minimum absolute atomic E-state index is 0.480. The number of hydrogen-bond acceptors (Lipinski definition) is 0. The van der Waals surface area contributed by atoms with Gasteiger partial charge in [0.2, 0.25) is 0 Å².